The lowest BCUT2D eigenvalue weighted by molar-refractivity contribution is -0.137. The Hall–Kier alpha value is -2.90. The number of ether oxygens (including phenoxy) is 2. The van der Waals surface area contributed by atoms with E-state index in [4.69, 9.17) is 9.47 Å². The Balaban J connectivity index is 1.54. The van der Waals surface area contributed by atoms with Crippen LogP contribution in [0.4, 0.5) is 18.0 Å². The molecule has 0 atom stereocenters. The van der Waals surface area contributed by atoms with Gasteiger partial charge in [0.25, 0.3) is 0 Å². The molecule has 0 saturated carbocycles. The molecule has 1 aliphatic rings. The van der Waals surface area contributed by atoms with E-state index in [-0.39, 0.29) is 18.8 Å². The second-order valence-corrected chi connectivity index (χ2v) is 7.19. The monoisotopic (exact) mass is 394 g/mol. The van der Waals surface area contributed by atoms with Crippen LogP contribution in [0.25, 0.3) is 0 Å². The molecule has 8 heteroatoms. The summed E-state index contributed by atoms with van der Waals surface area (Å²) in [6.07, 6.45) is -4.41. The first-order chi connectivity index (χ1) is 13.1. The number of hydrogen-bond donors (Lipinski definition) is 2. The molecule has 0 aromatic heterocycles. The molecule has 28 heavy (non-hydrogen) atoms. The number of carbonyl (C=O) groups is 1. The van der Waals surface area contributed by atoms with Crippen LogP contribution in [0.1, 0.15) is 30.5 Å². The lowest BCUT2D eigenvalue weighted by atomic mass is 9.84. The Morgan fingerprint density at radius 2 is 1.75 bits per heavy atom. The van der Waals surface area contributed by atoms with Crippen molar-refractivity contribution in [1.82, 2.24) is 10.6 Å². The minimum absolute atomic E-state index is 0.000204. The lowest BCUT2D eigenvalue weighted by Crippen LogP contribution is -2.42. The Morgan fingerprint density at radius 3 is 2.50 bits per heavy atom. The van der Waals surface area contributed by atoms with Gasteiger partial charge in [0, 0.05) is 18.5 Å². The zero-order chi connectivity index (χ0) is 20.4. The maximum Gasteiger partial charge on any atom is 0.416 e. The van der Waals surface area contributed by atoms with Gasteiger partial charge in [-0.1, -0.05) is 32.0 Å². The van der Waals surface area contributed by atoms with Crippen molar-refractivity contribution in [1.29, 1.82) is 0 Å². The summed E-state index contributed by atoms with van der Waals surface area (Å²) in [6, 6.07) is 10.0. The van der Waals surface area contributed by atoms with Crippen LogP contribution >= 0.6 is 0 Å². The average molecular weight is 394 g/mol. The molecule has 5 nitrogen and oxygen atoms in total. The number of hydrogen-bond acceptors (Lipinski definition) is 3. The fourth-order valence-corrected chi connectivity index (χ4v) is 2.82. The third-order valence-corrected chi connectivity index (χ3v) is 4.55. The fraction of sp³-hybridized carbons (Fsp3) is 0.350. The summed E-state index contributed by atoms with van der Waals surface area (Å²) in [4.78, 5) is 12.1. The predicted molar refractivity (Wildman–Crippen MR) is 97.3 cm³/mol. The van der Waals surface area contributed by atoms with Gasteiger partial charge in [0.2, 0.25) is 6.79 Å². The smallest absolute Gasteiger partial charge is 0.416 e. The van der Waals surface area contributed by atoms with Gasteiger partial charge in [0.1, 0.15) is 0 Å². The molecule has 0 aliphatic carbocycles. The Kier molecular flexibility index (Phi) is 5.40. The highest BCUT2D eigenvalue weighted by atomic mass is 19.4. The summed E-state index contributed by atoms with van der Waals surface area (Å²) in [7, 11) is 0. The van der Waals surface area contributed by atoms with Crippen LogP contribution in [0.3, 0.4) is 0 Å². The standard InChI is InChI=1S/C20H21F3N2O3/c1-19(2,14-6-7-16-17(9-14)28-12-27-16)11-25-18(26)24-10-13-4-3-5-15(8-13)20(21,22)23/h3-9H,10-12H2,1-2H3,(H2,24,25,26). The van der Waals surface area contributed by atoms with Crippen LogP contribution in [0.5, 0.6) is 11.5 Å². The van der Waals surface area contributed by atoms with E-state index < -0.39 is 17.8 Å². The molecule has 1 aliphatic heterocycles. The molecule has 0 unspecified atom stereocenters. The van der Waals surface area contributed by atoms with Crippen molar-refractivity contribution in [3.05, 3.63) is 59.2 Å². The highest BCUT2D eigenvalue weighted by Crippen LogP contribution is 2.36. The molecule has 0 fully saturated rings. The fourth-order valence-electron chi connectivity index (χ4n) is 2.82. The Bertz CT molecular complexity index is 866. The largest absolute Gasteiger partial charge is 0.454 e. The molecule has 1 heterocycles. The van der Waals surface area contributed by atoms with Crippen molar-refractivity contribution in [2.24, 2.45) is 0 Å². The topological polar surface area (TPSA) is 59.6 Å². The van der Waals surface area contributed by atoms with Gasteiger partial charge in [-0.15, -0.1) is 0 Å². The molecule has 0 spiro atoms. The molecule has 3 rings (SSSR count). The zero-order valence-corrected chi connectivity index (χ0v) is 15.5. The van der Waals surface area contributed by atoms with Crippen LogP contribution in [0.15, 0.2) is 42.5 Å². The van der Waals surface area contributed by atoms with E-state index in [2.05, 4.69) is 10.6 Å². The minimum Gasteiger partial charge on any atom is -0.454 e. The van der Waals surface area contributed by atoms with Gasteiger partial charge in [-0.25, -0.2) is 4.79 Å². The Morgan fingerprint density at radius 1 is 1.00 bits per heavy atom. The normalized spacial score (nSPS) is 13.3. The summed E-state index contributed by atoms with van der Waals surface area (Å²) >= 11 is 0. The lowest BCUT2D eigenvalue weighted by Gasteiger charge is -2.26. The van der Waals surface area contributed by atoms with E-state index in [0.29, 0.717) is 23.6 Å². The Labute approximate surface area is 160 Å². The first-order valence-electron chi connectivity index (χ1n) is 8.73. The average Bonchev–Trinajstić information content (AvgIpc) is 3.12. The molecular weight excluding hydrogens is 373 g/mol. The van der Waals surface area contributed by atoms with Crippen molar-refractivity contribution < 1.29 is 27.4 Å². The van der Waals surface area contributed by atoms with Crippen molar-refractivity contribution >= 4 is 6.03 Å². The first kappa shape index (κ1) is 19.9. The number of rotatable bonds is 5. The predicted octanol–water partition coefficient (Wildman–Crippen LogP) is 4.21. The summed E-state index contributed by atoms with van der Waals surface area (Å²) < 4.78 is 48.9. The van der Waals surface area contributed by atoms with Crippen molar-refractivity contribution in [2.75, 3.05) is 13.3 Å². The zero-order valence-electron chi connectivity index (χ0n) is 15.5. The van der Waals surface area contributed by atoms with Crippen molar-refractivity contribution in [3.8, 4) is 11.5 Å². The van der Waals surface area contributed by atoms with Crippen molar-refractivity contribution in [3.63, 3.8) is 0 Å². The number of urea groups is 1. The SMILES string of the molecule is CC(C)(CNC(=O)NCc1cccc(C(F)(F)F)c1)c1ccc2c(c1)OCO2. The first-order valence-corrected chi connectivity index (χ1v) is 8.73. The number of alkyl halides is 3. The summed E-state index contributed by atoms with van der Waals surface area (Å²) in [5.74, 6) is 1.35. The van der Waals surface area contributed by atoms with Crippen LogP contribution in [-0.4, -0.2) is 19.4 Å². The highest BCUT2D eigenvalue weighted by Gasteiger charge is 2.30. The minimum atomic E-state index is -4.41. The quantitative estimate of drug-likeness (QED) is 0.799. The van der Waals surface area contributed by atoms with Gasteiger partial charge >= 0.3 is 12.2 Å². The molecule has 2 amide bonds. The van der Waals surface area contributed by atoms with Crippen LogP contribution in [0.2, 0.25) is 0 Å². The van der Waals surface area contributed by atoms with E-state index in [1.807, 2.05) is 32.0 Å². The molecule has 2 aromatic carbocycles. The molecule has 0 bridgehead atoms. The molecule has 2 N–H and O–H groups in total. The summed E-state index contributed by atoms with van der Waals surface area (Å²) in [6.45, 7) is 4.46. The molecule has 0 radical (unpaired) electrons. The van der Waals surface area contributed by atoms with Gasteiger partial charge in [-0.05, 0) is 35.4 Å². The summed E-state index contributed by atoms with van der Waals surface area (Å²) in [5, 5.41) is 5.34. The van der Waals surface area contributed by atoms with Gasteiger partial charge in [-0.2, -0.15) is 13.2 Å². The molecular formula is C20H21F3N2O3. The molecule has 150 valence electrons. The third kappa shape index (κ3) is 4.68. The molecule has 0 saturated heterocycles. The third-order valence-electron chi connectivity index (χ3n) is 4.55. The van der Waals surface area contributed by atoms with Gasteiger partial charge in [0.15, 0.2) is 11.5 Å². The summed E-state index contributed by atoms with van der Waals surface area (Å²) in [5.41, 5.74) is 0.222. The van der Waals surface area contributed by atoms with Gasteiger partial charge < -0.3 is 20.1 Å². The second kappa shape index (κ2) is 7.61. The number of nitrogens with one attached hydrogen (secondary N) is 2. The van der Waals surface area contributed by atoms with E-state index in [9.17, 15) is 18.0 Å². The van der Waals surface area contributed by atoms with Crippen molar-refractivity contribution in [2.45, 2.75) is 32.0 Å². The number of halogens is 3. The van der Waals surface area contributed by atoms with Gasteiger partial charge in [-0.3, -0.25) is 0 Å². The maximum atomic E-state index is 12.7. The number of fused-ring (bicyclic) bond motifs is 1. The second-order valence-electron chi connectivity index (χ2n) is 7.19. The van der Waals surface area contributed by atoms with Crippen LogP contribution < -0.4 is 20.1 Å². The maximum absolute atomic E-state index is 12.7. The van der Waals surface area contributed by atoms with E-state index in [1.165, 1.54) is 12.1 Å². The van der Waals surface area contributed by atoms with E-state index in [1.54, 1.807) is 0 Å². The van der Waals surface area contributed by atoms with Crippen LogP contribution in [-0.2, 0) is 18.1 Å². The molecule has 2 aromatic rings. The highest BCUT2D eigenvalue weighted by molar-refractivity contribution is 5.74. The number of carbonyl (C=O) groups excluding carboxylic acids is 1. The van der Waals surface area contributed by atoms with E-state index in [0.717, 1.165) is 17.7 Å². The number of benzene rings is 2. The van der Waals surface area contributed by atoms with Crippen LogP contribution in [0, 0.1) is 0 Å². The number of amides is 2. The van der Waals surface area contributed by atoms with Gasteiger partial charge in [0.05, 0.1) is 5.56 Å². The van der Waals surface area contributed by atoms with E-state index >= 15 is 0 Å².